The second-order valence-corrected chi connectivity index (χ2v) is 4.66. The van der Waals surface area contributed by atoms with Gasteiger partial charge in [0.1, 0.15) is 5.82 Å². The van der Waals surface area contributed by atoms with Gasteiger partial charge in [-0.15, -0.1) is 0 Å². The van der Waals surface area contributed by atoms with Gasteiger partial charge in [-0.2, -0.15) is 0 Å². The second-order valence-electron chi connectivity index (χ2n) is 3.85. The van der Waals surface area contributed by atoms with E-state index in [0.29, 0.717) is 18.9 Å². The van der Waals surface area contributed by atoms with Crippen molar-refractivity contribution in [1.29, 1.82) is 0 Å². The lowest BCUT2D eigenvalue weighted by atomic mass is 10.3. The van der Waals surface area contributed by atoms with Crippen LogP contribution in [0.1, 0.15) is 0 Å². The van der Waals surface area contributed by atoms with E-state index in [4.69, 9.17) is 32.7 Å². The molecule has 0 bridgehead atoms. The van der Waals surface area contributed by atoms with Gasteiger partial charge in [0.25, 0.3) is 0 Å². The first-order valence-corrected chi connectivity index (χ1v) is 6.43. The zero-order valence-corrected chi connectivity index (χ0v) is 12.0. The van der Waals surface area contributed by atoms with Gasteiger partial charge < -0.3 is 19.9 Å². The Balaban J connectivity index is 2.40. The Bertz CT molecular complexity index is 384. The first-order chi connectivity index (χ1) is 9.04. The van der Waals surface area contributed by atoms with Gasteiger partial charge >= 0.3 is 0 Å². The molecule has 108 valence electrons. The Labute approximate surface area is 121 Å². The summed E-state index contributed by atoms with van der Waals surface area (Å²) >= 11 is 11.7. The van der Waals surface area contributed by atoms with Crippen LogP contribution in [0.2, 0.25) is 10.0 Å². The van der Waals surface area contributed by atoms with Crippen LogP contribution in [0, 0.1) is 5.82 Å². The Morgan fingerprint density at radius 3 is 2.53 bits per heavy atom. The van der Waals surface area contributed by atoms with E-state index in [2.05, 4.69) is 5.32 Å². The van der Waals surface area contributed by atoms with Crippen molar-refractivity contribution in [2.45, 2.75) is 6.10 Å². The molecule has 0 saturated carbocycles. The first-order valence-electron chi connectivity index (χ1n) is 5.67. The molecule has 0 aliphatic rings. The lowest BCUT2D eigenvalue weighted by Gasteiger charge is -2.15. The average molecular weight is 312 g/mol. The molecule has 0 aromatic heterocycles. The number of ether oxygens (including phenoxy) is 2. The summed E-state index contributed by atoms with van der Waals surface area (Å²) in [6.45, 7) is 1.23. The van der Waals surface area contributed by atoms with E-state index in [-0.39, 0.29) is 23.2 Å². The molecule has 0 amide bonds. The number of anilines is 1. The molecule has 1 aromatic carbocycles. The van der Waals surface area contributed by atoms with Gasteiger partial charge in [-0.3, -0.25) is 0 Å². The Hall–Kier alpha value is -0.590. The highest BCUT2D eigenvalue weighted by Gasteiger charge is 2.10. The van der Waals surface area contributed by atoms with Crippen LogP contribution in [0.4, 0.5) is 10.1 Å². The SMILES string of the molecule is COCCOCC(O)CNc1c(Cl)cc(F)cc1Cl. The third-order valence-electron chi connectivity index (χ3n) is 2.26. The van der Waals surface area contributed by atoms with Crippen molar-refractivity contribution >= 4 is 28.9 Å². The molecule has 2 N–H and O–H groups in total. The summed E-state index contributed by atoms with van der Waals surface area (Å²) in [7, 11) is 1.57. The van der Waals surface area contributed by atoms with Gasteiger partial charge in [0.2, 0.25) is 0 Å². The normalized spacial score (nSPS) is 12.5. The summed E-state index contributed by atoms with van der Waals surface area (Å²) in [6, 6.07) is 2.30. The van der Waals surface area contributed by atoms with Crippen molar-refractivity contribution < 1.29 is 19.0 Å². The highest BCUT2D eigenvalue weighted by atomic mass is 35.5. The molecule has 0 aliphatic carbocycles. The molecule has 0 radical (unpaired) electrons. The van der Waals surface area contributed by atoms with Crippen LogP contribution in [0.3, 0.4) is 0 Å². The largest absolute Gasteiger partial charge is 0.389 e. The van der Waals surface area contributed by atoms with Gasteiger partial charge in [-0.25, -0.2) is 4.39 Å². The maximum Gasteiger partial charge on any atom is 0.126 e. The van der Waals surface area contributed by atoms with Gasteiger partial charge in [-0.1, -0.05) is 23.2 Å². The van der Waals surface area contributed by atoms with Crippen LogP contribution in [-0.4, -0.2) is 44.7 Å². The van der Waals surface area contributed by atoms with E-state index < -0.39 is 11.9 Å². The van der Waals surface area contributed by atoms with E-state index in [1.54, 1.807) is 7.11 Å². The van der Waals surface area contributed by atoms with Crippen molar-refractivity contribution in [1.82, 2.24) is 0 Å². The molecule has 0 spiro atoms. The lowest BCUT2D eigenvalue weighted by molar-refractivity contribution is 0.0182. The minimum absolute atomic E-state index is 0.160. The van der Waals surface area contributed by atoms with Crippen molar-refractivity contribution in [3.63, 3.8) is 0 Å². The zero-order valence-electron chi connectivity index (χ0n) is 10.5. The van der Waals surface area contributed by atoms with Crippen LogP contribution in [0.5, 0.6) is 0 Å². The summed E-state index contributed by atoms with van der Waals surface area (Å²) in [6.07, 6.45) is -0.728. The zero-order chi connectivity index (χ0) is 14.3. The second kappa shape index (κ2) is 8.55. The van der Waals surface area contributed by atoms with E-state index in [9.17, 15) is 9.50 Å². The molecule has 1 unspecified atom stereocenters. The molecule has 0 heterocycles. The lowest BCUT2D eigenvalue weighted by Crippen LogP contribution is -2.25. The van der Waals surface area contributed by atoms with Crippen LogP contribution in [0.15, 0.2) is 12.1 Å². The fraction of sp³-hybridized carbons (Fsp3) is 0.500. The van der Waals surface area contributed by atoms with E-state index in [0.717, 1.165) is 12.1 Å². The van der Waals surface area contributed by atoms with Crippen LogP contribution in [0.25, 0.3) is 0 Å². The Morgan fingerprint density at radius 1 is 1.32 bits per heavy atom. The Morgan fingerprint density at radius 2 is 1.95 bits per heavy atom. The van der Waals surface area contributed by atoms with Gasteiger partial charge in [0.15, 0.2) is 0 Å². The quantitative estimate of drug-likeness (QED) is 0.725. The number of aliphatic hydroxyl groups excluding tert-OH is 1. The van der Waals surface area contributed by atoms with Crippen LogP contribution in [-0.2, 0) is 9.47 Å². The standard InChI is InChI=1S/C12H16Cl2FNO3/c1-18-2-3-19-7-9(17)6-16-12-10(13)4-8(15)5-11(12)14/h4-5,9,16-17H,2-3,6-7H2,1H3. The molecule has 4 nitrogen and oxygen atoms in total. The molecule has 0 aliphatic heterocycles. The van der Waals surface area contributed by atoms with Crippen molar-refractivity contribution in [3.05, 3.63) is 28.0 Å². The molecule has 7 heteroatoms. The molecular formula is C12H16Cl2FNO3. The predicted octanol–water partition coefficient (Wildman–Crippen LogP) is 2.57. The van der Waals surface area contributed by atoms with Crippen molar-refractivity contribution in [2.24, 2.45) is 0 Å². The number of benzene rings is 1. The summed E-state index contributed by atoms with van der Waals surface area (Å²) in [5.74, 6) is -0.510. The van der Waals surface area contributed by atoms with Crippen molar-refractivity contribution in [2.75, 3.05) is 38.8 Å². The van der Waals surface area contributed by atoms with Crippen LogP contribution < -0.4 is 5.32 Å². The van der Waals surface area contributed by atoms with Gasteiger partial charge in [-0.05, 0) is 12.1 Å². The Kier molecular flexibility index (Phi) is 7.41. The van der Waals surface area contributed by atoms with Gasteiger partial charge in [0.05, 0.1) is 41.7 Å². The highest BCUT2D eigenvalue weighted by Crippen LogP contribution is 2.31. The molecule has 0 saturated heterocycles. The smallest absolute Gasteiger partial charge is 0.126 e. The molecular weight excluding hydrogens is 296 g/mol. The minimum Gasteiger partial charge on any atom is -0.389 e. The van der Waals surface area contributed by atoms with Gasteiger partial charge in [0, 0.05) is 13.7 Å². The maximum absolute atomic E-state index is 13.0. The number of hydrogen-bond donors (Lipinski definition) is 2. The fourth-order valence-corrected chi connectivity index (χ4v) is 1.95. The average Bonchev–Trinajstić information content (AvgIpc) is 2.33. The van der Waals surface area contributed by atoms with Crippen molar-refractivity contribution in [3.8, 4) is 0 Å². The summed E-state index contributed by atoms with van der Waals surface area (Å²) in [4.78, 5) is 0. The number of halogens is 3. The number of nitrogens with one attached hydrogen (secondary N) is 1. The summed E-state index contributed by atoms with van der Waals surface area (Å²) in [5, 5.41) is 12.8. The molecule has 19 heavy (non-hydrogen) atoms. The highest BCUT2D eigenvalue weighted by molar-refractivity contribution is 6.39. The number of rotatable bonds is 8. The summed E-state index contributed by atoms with van der Waals surface area (Å²) < 4.78 is 22.9. The molecule has 1 rings (SSSR count). The van der Waals surface area contributed by atoms with E-state index in [1.165, 1.54) is 0 Å². The number of aliphatic hydroxyl groups is 1. The third-order valence-corrected chi connectivity index (χ3v) is 2.86. The fourth-order valence-electron chi connectivity index (χ4n) is 1.35. The first kappa shape index (κ1) is 16.5. The van der Waals surface area contributed by atoms with E-state index in [1.807, 2.05) is 0 Å². The predicted molar refractivity (Wildman–Crippen MR) is 73.6 cm³/mol. The number of hydrogen-bond acceptors (Lipinski definition) is 4. The maximum atomic E-state index is 13.0. The van der Waals surface area contributed by atoms with E-state index >= 15 is 0 Å². The summed E-state index contributed by atoms with van der Waals surface area (Å²) in [5.41, 5.74) is 0.390. The minimum atomic E-state index is -0.728. The molecule has 0 fully saturated rings. The topological polar surface area (TPSA) is 50.7 Å². The third kappa shape index (κ3) is 5.93. The monoisotopic (exact) mass is 311 g/mol. The number of methoxy groups -OCH3 is 1. The van der Waals surface area contributed by atoms with Crippen LogP contribution >= 0.6 is 23.2 Å². The molecule has 1 atom stereocenters. The molecule has 1 aromatic rings.